The molecule has 18 heavy (non-hydrogen) atoms. The second kappa shape index (κ2) is 6.70. The number of methoxy groups -OCH3 is 1. The summed E-state index contributed by atoms with van der Waals surface area (Å²) >= 11 is 0. The smallest absolute Gasteiger partial charge is 0.339 e. The maximum atomic E-state index is 11.5. The quantitative estimate of drug-likeness (QED) is 0.758. The van der Waals surface area contributed by atoms with Gasteiger partial charge in [0.05, 0.1) is 19.3 Å². The van der Waals surface area contributed by atoms with E-state index < -0.39 is 18.0 Å². The van der Waals surface area contributed by atoms with Crippen LogP contribution in [0.2, 0.25) is 0 Å². The molecule has 0 spiro atoms. The molecule has 0 bridgehead atoms. The number of ether oxygens (including phenoxy) is 2. The van der Waals surface area contributed by atoms with Crippen molar-refractivity contribution in [2.45, 2.75) is 19.4 Å². The van der Waals surface area contributed by atoms with Crippen molar-refractivity contribution in [1.82, 2.24) is 4.98 Å². The molecule has 0 aliphatic carbocycles. The molecule has 0 fully saturated rings. The largest absolute Gasteiger partial charge is 0.468 e. The van der Waals surface area contributed by atoms with Gasteiger partial charge < -0.3 is 15.2 Å². The number of esters is 2. The number of aromatic nitrogens is 1. The number of nitrogens with two attached hydrogens (primary N) is 1. The highest BCUT2D eigenvalue weighted by molar-refractivity contribution is 5.89. The van der Waals surface area contributed by atoms with Crippen molar-refractivity contribution in [2.24, 2.45) is 5.73 Å². The Morgan fingerprint density at radius 2 is 2.17 bits per heavy atom. The van der Waals surface area contributed by atoms with Crippen molar-refractivity contribution < 1.29 is 19.1 Å². The molecule has 1 atom stereocenters. The number of carbonyl (C=O) groups is 2. The molecule has 6 heteroatoms. The fourth-order valence-electron chi connectivity index (χ4n) is 1.41. The molecule has 0 saturated heterocycles. The molecular formula is C12H16N2O4. The highest BCUT2D eigenvalue weighted by Gasteiger charge is 2.15. The van der Waals surface area contributed by atoms with Gasteiger partial charge in [0.2, 0.25) is 0 Å². The highest BCUT2D eigenvalue weighted by Crippen LogP contribution is 2.07. The first kappa shape index (κ1) is 14.1. The lowest BCUT2D eigenvalue weighted by Crippen LogP contribution is -2.33. The summed E-state index contributed by atoms with van der Waals surface area (Å²) in [6, 6.07) is 0.836. The van der Waals surface area contributed by atoms with Gasteiger partial charge in [-0.15, -0.1) is 0 Å². The second-order valence-electron chi connectivity index (χ2n) is 3.64. The van der Waals surface area contributed by atoms with Crippen LogP contribution in [0, 0.1) is 0 Å². The molecule has 1 rings (SSSR count). The lowest BCUT2D eigenvalue weighted by atomic mass is 10.1. The second-order valence-corrected chi connectivity index (χ2v) is 3.64. The maximum absolute atomic E-state index is 11.5. The van der Waals surface area contributed by atoms with E-state index in [-0.39, 0.29) is 6.42 Å². The minimum Gasteiger partial charge on any atom is -0.468 e. The Morgan fingerprint density at radius 3 is 2.78 bits per heavy atom. The van der Waals surface area contributed by atoms with Crippen LogP contribution in [0.1, 0.15) is 22.8 Å². The number of carbonyl (C=O) groups excluding carboxylic acids is 2. The zero-order valence-corrected chi connectivity index (χ0v) is 10.4. The van der Waals surface area contributed by atoms with Crippen LogP contribution in [-0.4, -0.2) is 36.7 Å². The molecule has 0 unspecified atom stereocenters. The summed E-state index contributed by atoms with van der Waals surface area (Å²) in [4.78, 5) is 26.6. The number of nitrogens with zero attached hydrogens (tertiary/aromatic N) is 1. The van der Waals surface area contributed by atoms with Gasteiger partial charge in [0.15, 0.2) is 0 Å². The zero-order valence-electron chi connectivity index (χ0n) is 10.4. The molecule has 0 aliphatic rings. The fraction of sp³-hybridized carbons (Fsp3) is 0.417. The lowest BCUT2D eigenvalue weighted by Gasteiger charge is -2.09. The van der Waals surface area contributed by atoms with Gasteiger partial charge in [-0.25, -0.2) is 4.79 Å². The van der Waals surface area contributed by atoms with Gasteiger partial charge in [-0.1, -0.05) is 0 Å². The maximum Gasteiger partial charge on any atom is 0.339 e. The SMILES string of the molecule is CCOC(=O)c1cncc(C[C@@H](N)C(=O)OC)c1. The van der Waals surface area contributed by atoms with Gasteiger partial charge in [0.25, 0.3) is 0 Å². The third-order valence-electron chi connectivity index (χ3n) is 2.27. The molecule has 0 aliphatic heterocycles. The Bertz CT molecular complexity index is 434. The predicted molar refractivity (Wildman–Crippen MR) is 63.9 cm³/mol. The Hall–Kier alpha value is -1.95. The molecule has 0 saturated carbocycles. The van der Waals surface area contributed by atoms with E-state index in [4.69, 9.17) is 10.5 Å². The van der Waals surface area contributed by atoms with Crippen LogP contribution in [-0.2, 0) is 20.7 Å². The molecule has 0 radical (unpaired) electrons. The van der Waals surface area contributed by atoms with E-state index in [1.165, 1.54) is 13.3 Å². The topological polar surface area (TPSA) is 91.5 Å². The van der Waals surface area contributed by atoms with Crippen LogP contribution >= 0.6 is 0 Å². The summed E-state index contributed by atoms with van der Waals surface area (Å²) in [6.07, 6.45) is 3.21. The predicted octanol–water partition coefficient (Wildman–Crippen LogP) is 0.301. The van der Waals surface area contributed by atoms with Crippen molar-refractivity contribution in [2.75, 3.05) is 13.7 Å². The van der Waals surface area contributed by atoms with Crippen LogP contribution in [0.15, 0.2) is 18.5 Å². The molecule has 6 nitrogen and oxygen atoms in total. The standard InChI is InChI=1S/C12H16N2O4/c1-3-18-11(15)9-4-8(6-14-7-9)5-10(13)12(16)17-2/h4,6-7,10H,3,5,13H2,1-2H3/t10-/m1/s1. The van der Waals surface area contributed by atoms with E-state index in [0.29, 0.717) is 17.7 Å². The Balaban J connectivity index is 2.76. The fourth-order valence-corrected chi connectivity index (χ4v) is 1.41. The normalized spacial score (nSPS) is 11.7. The molecule has 98 valence electrons. The average Bonchev–Trinajstić information content (AvgIpc) is 2.38. The molecule has 1 aromatic heterocycles. The monoisotopic (exact) mass is 252 g/mol. The third-order valence-corrected chi connectivity index (χ3v) is 2.27. The minimum absolute atomic E-state index is 0.257. The van der Waals surface area contributed by atoms with E-state index in [1.807, 2.05) is 0 Å². The summed E-state index contributed by atoms with van der Waals surface area (Å²) in [5.41, 5.74) is 6.64. The summed E-state index contributed by atoms with van der Waals surface area (Å²) < 4.78 is 9.38. The number of hydrogen-bond acceptors (Lipinski definition) is 6. The van der Waals surface area contributed by atoms with Crippen LogP contribution in [0.5, 0.6) is 0 Å². The molecular weight excluding hydrogens is 236 g/mol. The summed E-state index contributed by atoms with van der Waals surface area (Å²) in [5, 5.41) is 0. The molecule has 1 heterocycles. The molecule has 0 aromatic carbocycles. The van der Waals surface area contributed by atoms with Crippen molar-refractivity contribution in [3.05, 3.63) is 29.6 Å². The third kappa shape index (κ3) is 3.81. The van der Waals surface area contributed by atoms with E-state index in [9.17, 15) is 9.59 Å². The molecule has 0 amide bonds. The van der Waals surface area contributed by atoms with E-state index in [2.05, 4.69) is 9.72 Å². The first-order chi connectivity index (χ1) is 8.58. The van der Waals surface area contributed by atoms with Gasteiger partial charge in [0.1, 0.15) is 6.04 Å². The van der Waals surface area contributed by atoms with Gasteiger partial charge in [0, 0.05) is 12.4 Å². The van der Waals surface area contributed by atoms with Crippen molar-refractivity contribution in [3.8, 4) is 0 Å². The van der Waals surface area contributed by atoms with Crippen LogP contribution in [0.4, 0.5) is 0 Å². The highest BCUT2D eigenvalue weighted by atomic mass is 16.5. The van der Waals surface area contributed by atoms with Crippen molar-refractivity contribution in [3.63, 3.8) is 0 Å². The zero-order chi connectivity index (χ0) is 13.5. The molecule has 2 N–H and O–H groups in total. The number of rotatable bonds is 5. The van der Waals surface area contributed by atoms with Crippen molar-refractivity contribution >= 4 is 11.9 Å². The van der Waals surface area contributed by atoms with Crippen LogP contribution in [0.25, 0.3) is 0 Å². The Labute approximate surface area is 105 Å². The number of hydrogen-bond donors (Lipinski definition) is 1. The minimum atomic E-state index is -0.769. The Kier molecular flexibility index (Phi) is 5.26. The van der Waals surface area contributed by atoms with Crippen molar-refractivity contribution in [1.29, 1.82) is 0 Å². The summed E-state index contributed by atoms with van der Waals surface area (Å²) in [6.45, 7) is 2.02. The van der Waals surface area contributed by atoms with Crippen LogP contribution in [0.3, 0.4) is 0 Å². The first-order valence-electron chi connectivity index (χ1n) is 5.53. The van der Waals surface area contributed by atoms with Crippen LogP contribution < -0.4 is 5.73 Å². The summed E-state index contributed by atoms with van der Waals surface area (Å²) in [5.74, 6) is -0.949. The van der Waals surface area contributed by atoms with Gasteiger partial charge in [-0.2, -0.15) is 0 Å². The molecule has 1 aromatic rings. The lowest BCUT2D eigenvalue weighted by molar-refractivity contribution is -0.142. The van der Waals surface area contributed by atoms with Gasteiger partial charge in [-0.3, -0.25) is 9.78 Å². The van der Waals surface area contributed by atoms with Gasteiger partial charge in [-0.05, 0) is 25.0 Å². The Morgan fingerprint density at radius 1 is 1.44 bits per heavy atom. The van der Waals surface area contributed by atoms with E-state index in [0.717, 1.165) is 0 Å². The average molecular weight is 252 g/mol. The van der Waals surface area contributed by atoms with E-state index >= 15 is 0 Å². The number of pyridine rings is 1. The van der Waals surface area contributed by atoms with E-state index in [1.54, 1.807) is 19.2 Å². The summed E-state index contributed by atoms with van der Waals surface area (Å²) in [7, 11) is 1.27. The van der Waals surface area contributed by atoms with Gasteiger partial charge >= 0.3 is 11.9 Å². The first-order valence-corrected chi connectivity index (χ1v) is 5.53.